The minimum atomic E-state index is -3.79. The van der Waals surface area contributed by atoms with E-state index in [4.69, 9.17) is 16.7 Å². The first-order valence-corrected chi connectivity index (χ1v) is 10.1. The zero-order valence-corrected chi connectivity index (χ0v) is 16.8. The molecule has 1 aromatic heterocycles. The highest BCUT2D eigenvalue weighted by molar-refractivity contribution is 7.89. The van der Waals surface area contributed by atoms with Crippen LogP contribution in [0.25, 0.3) is 0 Å². The van der Waals surface area contributed by atoms with Crippen molar-refractivity contribution in [1.29, 1.82) is 0 Å². The van der Waals surface area contributed by atoms with Crippen molar-refractivity contribution in [3.8, 4) is 0 Å². The van der Waals surface area contributed by atoms with Crippen molar-refractivity contribution in [2.45, 2.75) is 23.9 Å². The summed E-state index contributed by atoms with van der Waals surface area (Å²) in [6.07, 6.45) is 2.72. The Morgan fingerprint density at radius 3 is 2.85 bits per heavy atom. The van der Waals surface area contributed by atoms with Crippen LogP contribution in [0.2, 0.25) is 5.02 Å². The number of sulfonamides is 1. The van der Waals surface area contributed by atoms with E-state index in [0.29, 0.717) is 18.1 Å². The van der Waals surface area contributed by atoms with Gasteiger partial charge in [-0.05, 0) is 17.7 Å². The maximum absolute atomic E-state index is 12.7. The minimum Gasteiger partial charge on any atom is -0.333 e. The van der Waals surface area contributed by atoms with Gasteiger partial charge < -0.3 is 10.2 Å². The fourth-order valence-corrected chi connectivity index (χ4v) is 3.64. The van der Waals surface area contributed by atoms with E-state index in [2.05, 4.69) is 10.4 Å². The van der Waals surface area contributed by atoms with Crippen LogP contribution in [-0.2, 0) is 21.4 Å². The number of carbonyl (C=O) groups excluding carboxylic acids is 1. The quantitative estimate of drug-likeness (QED) is 0.734. The highest BCUT2D eigenvalue weighted by Crippen LogP contribution is 2.25. The number of nitrogens with zero attached hydrogens (tertiary/aromatic N) is 3. The van der Waals surface area contributed by atoms with Gasteiger partial charge in [-0.2, -0.15) is 5.10 Å². The van der Waals surface area contributed by atoms with Crippen LogP contribution in [-0.4, -0.2) is 48.6 Å². The second-order valence-electron chi connectivity index (χ2n) is 6.10. The lowest BCUT2D eigenvalue weighted by Crippen LogP contribution is -2.48. The van der Waals surface area contributed by atoms with Gasteiger partial charge in [0.05, 0.1) is 12.2 Å². The van der Waals surface area contributed by atoms with Crippen LogP contribution in [0.15, 0.2) is 41.6 Å². The normalized spacial score (nSPS) is 17.4. The smallest absolute Gasteiger partial charge is 0.241 e. The molecule has 1 aromatic carbocycles. The number of piperazine rings is 1. The third kappa shape index (κ3) is 5.43. The van der Waals surface area contributed by atoms with Crippen LogP contribution < -0.4 is 10.5 Å². The lowest BCUT2D eigenvalue weighted by atomic mass is 10.0. The molecule has 0 aliphatic carbocycles. The molecule has 2 heterocycles. The van der Waals surface area contributed by atoms with Crippen molar-refractivity contribution in [3.05, 3.63) is 47.2 Å². The first kappa shape index (κ1) is 21.6. The molecular formula is C16H21Cl2N5O3S. The molecule has 0 spiro atoms. The van der Waals surface area contributed by atoms with E-state index in [1.165, 1.54) is 17.1 Å². The topological polar surface area (TPSA) is 110 Å². The molecule has 1 unspecified atom stereocenters. The molecule has 2 aromatic rings. The van der Waals surface area contributed by atoms with Crippen molar-refractivity contribution < 1.29 is 13.2 Å². The van der Waals surface area contributed by atoms with Gasteiger partial charge in [0.25, 0.3) is 0 Å². The van der Waals surface area contributed by atoms with Crippen molar-refractivity contribution in [3.63, 3.8) is 0 Å². The zero-order valence-electron chi connectivity index (χ0n) is 14.4. The highest BCUT2D eigenvalue weighted by Gasteiger charge is 2.27. The summed E-state index contributed by atoms with van der Waals surface area (Å²) in [7, 11) is -3.79. The number of nitrogens with two attached hydrogens (primary N) is 1. The van der Waals surface area contributed by atoms with Crippen LogP contribution >= 0.6 is 24.0 Å². The maximum atomic E-state index is 12.7. The summed E-state index contributed by atoms with van der Waals surface area (Å²) in [5.41, 5.74) is 0.980. The van der Waals surface area contributed by atoms with Crippen LogP contribution in [0.3, 0.4) is 0 Å². The van der Waals surface area contributed by atoms with Crippen molar-refractivity contribution in [2.24, 2.45) is 5.14 Å². The Bertz CT molecular complexity index is 903. The zero-order chi connectivity index (χ0) is 18.7. The third-order valence-corrected chi connectivity index (χ3v) is 5.39. The van der Waals surface area contributed by atoms with Gasteiger partial charge in [-0.1, -0.05) is 23.7 Å². The average molecular weight is 434 g/mol. The van der Waals surface area contributed by atoms with E-state index in [9.17, 15) is 13.2 Å². The second-order valence-corrected chi connectivity index (χ2v) is 8.09. The number of carbonyl (C=O) groups is 1. The summed E-state index contributed by atoms with van der Waals surface area (Å²) in [6, 6.07) is 7.40. The summed E-state index contributed by atoms with van der Waals surface area (Å²) in [4.78, 5) is 14.5. The molecule has 1 aliphatic heterocycles. The molecule has 148 valence electrons. The van der Waals surface area contributed by atoms with Gasteiger partial charge in [0, 0.05) is 43.8 Å². The summed E-state index contributed by atoms with van der Waals surface area (Å²) >= 11 is 6.08. The molecule has 1 saturated heterocycles. The number of primary sulfonamides is 1. The molecule has 27 heavy (non-hydrogen) atoms. The SMILES string of the molecule is Cl.NS(=O)(=O)c1cnn(CCC(=O)N2CCNCC2c2cccc(Cl)c2)c1. The van der Waals surface area contributed by atoms with Gasteiger partial charge in [0.15, 0.2) is 0 Å². The van der Waals surface area contributed by atoms with E-state index in [1.54, 1.807) is 6.07 Å². The molecule has 3 N–H and O–H groups in total. The van der Waals surface area contributed by atoms with E-state index >= 15 is 0 Å². The maximum Gasteiger partial charge on any atom is 0.241 e. The molecule has 1 fully saturated rings. The van der Waals surface area contributed by atoms with Crippen LogP contribution in [0, 0.1) is 0 Å². The first-order chi connectivity index (χ1) is 12.3. The van der Waals surface area contributed by atoms with Crippen LogP contribution in [0.4, 0.5) is 0 Å². The standard InChI is InChI=1S/C16H20ClN5O3S.ClH/c17-13-3-1-2-12(8-13)15-10-19-5-7-22(15)16(23)4-6-21-11-14(9-20-21)26(18,24)25;/h1-3,8-9,11,15,19H,4-7,10H2,(H2,18,24,25);1H. The monoisotopic (exact) mass is 433 g/mol. The molecule has 0 saturated carbocycles. The van der Waals surface area contributed by atoms with Crippen LogP contribution in [0.1, 0.15) is 18.0 Å². The fraction of sp³-hybridized carbons (Fsp3) is 0.375. The Morgan fingerprint density at radius 1 is 1.41 bits per heavy atom. The fourth-order valence-electron chi connectivity index (χ4n) is 2.98. The molecule has 11 heteroatoms. The average Bonchev–Trinajstić information content (AvgIpc) is 3.09. The lowest BCUT2D eigenvalue weighted by Gasteiger charge is -2.36. The van der Waals surface area contributed by atoms with Crippen molar-refractivity contribution in [2.75, 3.05) is 19.6 Å². The molecule has 0 bridgehead atoms. The first-order valence-electron chi connectivity index (χ1n) is 8.15. The number of aryl methyl sites for hydroxylation is 1. The summed E-state index contributed by atoms with van der Waals surface area (Å²) in [5, 5.41) is 12.9. The summed E-state index contributed by atoms with van der Waals surface area (Å²) in [5.74, 6) is -0.0240. The van der Waals surface area contributed by atoms with E-state index in [1.807, 2.05) is 23.1 Å². The number of hydrogen-bond donors (Lipinski definition) is 2. The van der Waals surface area contributed by atoms with Gasteiger partial charge in [0.2, 0.25) is 15.9 Å². The van der Waals surface area contributed by atoms with Crippen molar-refractivity contribution in [1.82, 2.24) is 20.0 Å². The number of halogens is 2. The number of rotatable bonds is 5. The van der Waals surface area contributed by atoms with Gasteiger partial charge in [0.1, 0.15) is 4.90 Å². The highest BCUT2D eigenvalue weighted by atomic mass is 35.5. The summed E-state index contributed by atoms with van der Waals surface area (Å²) in [6.45, 7) is 2.25. The predicted molar refractivity (Wildman–Crippen MR) is 104 cm³/mol. The van der Waals surface area contributed by atoms with E-state index in [-0.39, 0.29) is 42.2 Å². The Hall–Kier alpha value is -1.65. The molecule has 0 radical (unpaired) electrons. The Kier molecular flexibility index (Phi) is 7.24. The van der Waals surface area contributed by atoms with Gasteiger partial charge in [-0.3, -0.25) is 9.48 Å². The predicted octanol–water partition coefficient (Wildman–Crippen LogP) is 1.17. The Balaban J connectivity index is 0.00000261. The largest absolute Gasteiger partial charge is 0.333 e. The molecule has 1 aliphatic rings. The Morgan fingerprint density at radius 2 is 2.19 bits per heavy atom. The number of hydrogen-bond acceptors (Lipinski definition) is 5. The van der Waals surface area contributed by atoms with Crippen LogP contribution in [0.5, 0.6) is 0 Å². The molecule has 8 nitrogen and oxygen atoms in total. The van der Waals surface area contributed by atoms with Gasteiger partial charge in [-0.25, -0.2) is 13.6 Å². The molecule has 1 amide bonds. The van der Waals surface area contributed by atoms with Gasteiger partial charge >= 0.3 is 0 Å². The van der Waals surface area contributed by atoms with Gasteiger partial charge in [-0.15, -0.1) is 12.4 Å². The number of amides is 1. The molecular weight excluding hydrogens is 413 g/mol. The van der Waals surface area contributed by atoms with Crippen molar-refractivity contribution >= 4 is 39.9 Å². The molecule has 1 atom stereocenters. The van der Waals surface area contributed by atoms with E-state index in [0.717, 1.165) is 12.1 Å². The third-order valence-electron chi connectivity index (χ3n) is 4.29. The molecule has 3 rings (SSSR count). The Labute approximate surface area is 169 Å². The van der Waals surface area contributed by atoms with E-state index < -0.39 is 10.0 Å². The lowest BCUT2D eigenvalue weighted by molar-refractivity contribution is -0.134. The summed E-state index contributed by atoms with van der Waals surface area (Å²) < 4.78 is 24.0. The second kappa shape index (κ2) is 9.03. The number of benzene rings is 1. The number of aromatic nitrogens is 2. The minimum absolute atomic E-state index is 0. The number of nitrogens with one attached hydrogen (secondary N) is 1.